The van der Waals surface area contributed by atoms with Crippen LogP contribution in [0.4, 0.5) is 23.7 Å². The van der Waals surface area contributed by atoms with Gasteiger partial charge in [-0.1, -0.05) is 18.9 Å². The van der Waals surface area contributed by atoms with Crippen LogP contribution in [0.3, 0.4) is 0 Å². The van der Waals surface area contributed by atoms with Crippen molar-refractivity contribution in [2.75, 3.05) is 18.0 Å². The van der Waals surface area contributed by atoms with Gasteiger partial charge < -0.3 is 10.0 Å². The van der Waals surface area contributed by atoms with Crippen molar-refractivity contribution < 1.29 is 23.1 Å². The summed E-state index contributed by atoms with van der Waals surface area (Å²) in [5.41, 5.74) is 3.45. The monoisotopic (exact) mass is 499 g/mol. The Morgan fingerprint density at radius 3 is 2.53 bits per heavy atom. The third-order valence-corrected chi connectivity index (χ3v) is 7.30. The molecule has 0 aliphatic heterocycles. The van der Waals surface area contributed by atoms with E-state index in [9.17, 15) is 28.3 Å². The van der Waals surface area contributed by atoms with E-state index in [1.807, 2.05) is 0 Å². The molecule has 0 atom stereocenters. The lowest BCUT2D eigenvalue weighted by Gasteiger charge is -2.32. The van der Waals surface area contributed by atoms with Crippen molar-refractivity contribution in [3.8, 4) is 6.07 Å². The van der Waals surface area contributed by atoms with Gasteiger partial charge in [0.1, 0.15) is 0 Å². The second-order valence-corrected chi connectivity index (χ2v) is 9.89. The number of benzene rings is 2. The second-order valence-electron chi connectivity index (χ2n) is 9.89. The van der Waals surface area contributed by atoms with E-state index in [1.54, 1.807) is 6.07 Å². The molecule has 2 aromatic carbocycles. The summed E-state index contributed by atoms with van der Waals surface area (Å²) in [6.45, 7) is 3.65. The minimum absolute atomic E-state index is 0.0892. The second kappa shape index (κ2) is 10.8. The highest BCUT2D eigenvalue weighted by Gasteiger charge is 2.32. The van der Waals surface area contributed by atoms with Crippen LogP contribution in [-0.2, 0) is 32.1 Å². The van der Waals surface area contributed by atoms with Crippen LogP contribution in [0.25, 0.3) is 0 Å². The van der Waals surface area contributed by atoms with Crippen molar-refractivity contribution >= 4 is 11.8 Å². The summed E-state index contributed by atoms with van der Waals surface area (Å²) in [5.74, 6) is 0.769. The number of carbonyl (C=O) groups is 1. The number of aryl methyl sites for hydroxylation is 1. The Kier molecular flexibility index (Phi) is 7.77. The van der Waals surface area contributed by atoms with Crippen LogP contribution >= 0.6 is 0 Å². The zero-order chi connectivity index (χ0) is 25.9. The van der Waals surface area contributed by atoms with Crippen molar-refractivity contribution in [1.29, 1.82) is 5.26 Å². The summed E-state index contributed by atoms with van der Waals surface area (Å²) in [6, 6.07) is 9.07. The van der Waals surface area contributed by atoms with Gasteiger partial charge in [-0.15, -0.1) is 0 Å². The van der Waals surface area contributed by atoms with Gasteiger partial charge in [0, 0.05) is 25.3 Å². The van der Waals surface area contributed by atoms with Gasteiger partial charge >= 0.3 is 12.3 Å². The summed E-state index contributed by atoms with van der Waals surface area (Å²) >= 11 is 0. The molecule has 2 aromatic rings. The molecule has 1 saturated carbocycles. The molecule has 8 heteroatoms. The first kappa shape index (κ1) is 25.9. The lowest BCUT2D eigenvalue weighted by Crippen LogP contribution is -2.32. The zero-order valence-corrected chi connectivity index (χ0v) is 20.6. The number of carboxylic acid groups (broad SMARTS) is 1. The van der Waals surface area contributed by atoms with E-state index in [0.29, 0.717) is 0 Å². The molecule has 2 aliphatic carbocycles. The molecule has 0 saturated heterocycles. The van der Waals surface area contributed by atoms with Gasteiger partial charge in [0.15, 0.2) is 0 Å². The fraction of sp³-hybridized carbons (Fsp3) is 0.500. The molecule has 0 spiro atoms. The van der Waals surface area contributed by atoms with Crippen molar-refractivity contribution in [3.63, 3.8) is 0 Å². The van der Waals surface area contributed by atoms with Crippen molar-refractivity contribution in [2.45, 2.75) is 71.1 Å². The molecular weight excluding hydrogens is 467 g/mol. The molecule has 0 heterocycles. The van der Waals surface area contributed by atoms with Crippen molar-refractivity contribution in [3.05, 3.63) is 63.7 Å². The van der Waals surface area contributed by atoms with E-state index in [4.69, 9.17) is 0 Å². The van der Waals surface area contributed by atoms with Gasteiger partial charge in [0.05, 0.1) is 23.7 Å². The van der Waals surface area contributed by atoms with Crippen LogP contribution < -0.4 is 4.90 Å². The van der Waals surface area contributed by atoms with E-state index < -0.39 is 17.8 Å². The van der Waals surface area contributed by atoms with Gasteiger partial charge in [0.2, 0.25) is 0 Å². The first-order valence-electron chi connectivity index (χ1n) is 12.7. The van der Waals surface area contributed by atoms with Crippen LogP contribution in [0.5, 0.6) is 0 Å². The van der Waals surface area contributed by atoms with Crippen molar-refractivity contribution in [2.24, 2.45) is 5.92 Å². The maximum absolute atomic E-state index is 13.4. The number of nitrogens with zero attached hydrogens (tertiary/aromatic N) is 3. The largest absolute Gasteiger partial charge is 0.465 e. The number of alkyl halides is 3. The predicted molar refractivity (Wildman–Crippen MR) is 132 cm³/mol. The van der Waals surface area contributed by atoms with E-state index >= 15 is 0 Å². The predicted octanol–water partition coefficient (Wildman–Crippen LogP) is 6.76. The van der Waals surface area contributed by atoms with Crippen molar-refractivity contribution in [1.82, 2.24) is 4.90 Å². The summed E-state index contributed by atoms with van der Waals surface area (Å²) in [4.78, 5) is 15.8. The van der Waals surface area contributed by atoms with Crippen LogP contribution in [0.15, 0.2) is 30.3 Å². The average Bonchev–Trinajstić information content (AvgIpc) is 3.68. The highest BCUT2D eigenvalue weighted by molar-refractivity contribution is 5.67. The van der Waals surface area contributed by atoms with Gasteiger partial charge in [0.25, 0.3) is 0 Å². The molecule has 192 valence electrons. The summed E-state index contributed by atoms with van der Waals surface area (Å²) < 4.78 is 40.2. The third-order valence-electron chi connectivity index (χ3n) is 7.30. The number of nitriles is 1. The number of halogens is 3. The molecule has 2 aliphatic rings. The average molecular weight is 500 g/mol. The molecule has 1 N–H and O–H groups in total. The fourth-order valence-corrected chi connectivity index (χ4v) is 5.17. The zero-order valence-electron chi connectivity index (χ0n) is 20.6. The molecule has 36 heavy (non-hydrogen) atoms. The highest BCUT2D eigenvalue weighted by Crippen LogP contribution is 2.36. The molecule has 0 aromatic heterocycles. The Balaban J connectivity index is 1.68. The maximum atomic E-state index is 13.4. The van der Waals surface area contributed by atoms with E-state index in [-0.39, 0.29) is 24.2 Å². The van der Waals surface area contributed by atoms with Crippen LogP contribution in [0, 0.1) is 17.2 Å². The topological polar surface area (TPSA) is 67.6 Å². The highest BCUT2D eigenvalue weighted by atomic mass is 19.4. The molecule has 5 nitrogen and oxygen atoms in total. The standard InChI is InChI=1S/C28H32F3N3O2/c1-2-33(12-11-19-7-8-19)26-10-9-22-5-3-4-6-24(22)25(26)18-34(27(35)36)17-21-13-20(16-32)14-23(15-21)28(29,30)31/h9-10,13-15,19H,2-8,11-12,17-18H2,1H3,(H,35,36). The van der Waals surface area contributed by atoms with Gasteiger partial charge in [-0.05, 0) is 91.5 Å². The van der Waals surface area contributed by atoms with E-state index in [2.05, 4.69) is 24.0 Å². The molecular formula is C28H32F3N3O2. The van der Waals surface area contributed by atoms with Gasteiger partial charge in [-0.3, -0.25) is 4.90 Å². The Bertz CT molecular complexity index is 1150. The minimum atomic E-state index is -4.62. The number of anilines is 1. The molecule has 0 unspecified atom stereocenters. The number of rotatable bonds is 9. The lowest BCUT2D eigenvalue weighted by atomic mass is 9.86. The number of amides is 1. The smallest absolute Gasteiger partial charge is 0.416 e. The third kappa shape index (κ3) is 6.13. The Morgan fingerprint density at radius 2 is 1.89 bits per heavy atom. The summed E-state index contributed by atoms with van der Waals surface area (Å²) in [5, 5.41) is 19.3. The molecule has 0 radical (unpaired) electrons. The fourth-order valence-electron chi connectivity index (χ4n) is 5.17. The van der Waals surface area contributed by atoms with Gasteiger partial charge in [-0.2, -0.15) is 18.4 Å². The Morgan fingerprint density at radius 1 is 1.14 bits per heavy atom. The lowest BCUT2D eigenvalue weighted by molar-refractivity contribution is -0.137. The SMILES string of the molecule is CCN(CCC1CC1)c1ccc2c(c1CN(Cc1cc(C#N)cc(C(F)(F)F)c1)C(=O)O)CCCC2. The van der Waals surface area contributed by atoms with Crippen LogP contribution in [0.1, 0.15) is 72.4 Å². The van der Waals surface area contributed by atoms with Crippen LogP contribution in [0.2, 0.25) is 0 Å². The van der Waals surface area contributed by atoms with Crippen LogP contribution in [-0.4, -0.2) is 29.2 Å². The maximum Gasteiger partial charge on any atom is 0.416 e. The normalized spacial score (nSPS) is 15.2. The van der Waals surface area contributed by atoms with E-state index in [1.165, 1.54) is 34.9 Å². The van der Waals surface area contributed by atoms with Gasteiger partial charge in [-0.25, -0.2) is 4.79 Å². The Labute approximate surface area is 210 Å². The first-order valence-corrected chi connectivity index (χ1v) is 12.7. The number of hydrogen-bond acceptors (Lipinski definition) is 3. The minimum Gasteiger partial charge on any atom is -0.465 e. The summed E-state index contributed by atoms with van der Waals surface area (Å²) in [7, 11) is 0. The molecule has 0 bridgehead atoms. The number of fused-ring (bicyclic) bond motifs is 1. The quantitative estimate of drug-likeness (QED) is 0.414. The van der Waals surface area contributed by atoms with E-state index in [0.717, 1.165) is 74.5 Å². The molecule has 1 fully saturated rings. The summed E-state index contributed by atoms with van der Waals surface area (Å²) in [6.07, 6.45) is 1.76. The first-order chi connectivity index (χ1) is 17.2. The Hall–Kier alpha value is -3.21. The molecule has 1 amide bonds. The number of hydrogen-bond donors (Lipinski definition) is 1. The molecule has 4 rings (SSSR count).